The van der Waals surface area contributed by atoms with Crippen molar-refractivity contribution in [1.82, 2.24) is 0 Å². The number of hydrogen-bond acceptors (Lipinski definition) is 2. The van der Waals surface area contributed by atoms with Crippen LogP contribution < -0.4 is 10.1 Å². The van der Waals surface area contributed by atoms with Crippen LogP contribution in [0.5, 0.6) is 5.75 Å². The number of rotatable bonds is 6. The molecule has 0 saturated carbocycles. The Kier molecular flexibility index (Phi) is 5.63. The average Bonchev–Trinajstić information content (AvgIpc) is 2.71. The van der Waals surface area contributed by atoms with Crippen LogP contribution in [0.1, 0.15) is 16.7 Å². The highest BCUT2D eigenvalue weighted by Crippen LogP contribution is 2.27. The van der Waals surface area contributed by atoms with Gasteiger partial charge in [-0.25, -0.2) is 0 Å². The van der Waals surface area contributed by atoms with Crippen molar-refractivity contribution in [2.75, 3.05) is 5.32 Å². The van der Waals surface area contributed by atoms with Crippen LogP contribution in [0.15, 0.2) is 89.4 Å². The quantitative estimate of drug-likeness (QED) is 0.351. The number of halogens is 1. The van der Waals surface area contributed by atoms with E-state index in [4.69, 9.17) is 4.74 Å². The van der Waals surface area contributed by atoms with Crippen molar-refractivity contribution >= 4 is 32.4 Å². The Morgan fingerprint density at radius 3 is 2.54 bits per heavy atom. The molecule has 4 rings (SSSR count). The maximum atomic E-state index is 6.24. The number of aryl methyl sites for hydroxylation is 1. The Labute approximate surface area is 174 Å². The number of anilines is 1. The molecule has 0 atom stereocenters. The molecule has 0 unspecified atom stereocenters. The Balaban J connectivity index is 1.53. The van der Waals surface area contributed by atoms with E-state index in [1.165, 1.54) is 21.9 Å². The van der Waals surface area contributed by atoms with Crippen molar-refractivity contribution in [3.8, 4) is 5.75 Å². The molecule has 0 radical (unpaired) electrons. The summed E-state index contributed by atoms with van der Waals surface area (Å²) >= 11 is 3.58. The Morgan fingerprint density at radius 2 is 1.64 bits per heavy atom. The summed E-state index contributed by atoms with van der Waals surface area (Å²) in [6.07, 6.45) is 0. The van der Waals surface area contributed by atoms with Crippen molar-refractivity contribution in [2.24, 2.45) is 0 Å². The molecule has 1 N–H and O–H groups in total. The van der Waals surface area contributed by atoms with Crippen LogP contribution in [0.25, 0.3) is 10.8 Å². The van der Waals surface area contributed by atoms with Gasteiger partial charge in [-0.15, -0.1) is 0 Å². The highest BCUT2D eigenvalue weighted by atomic mass is 79.9. The van der Waals surface area contributed by atoms with Crippen molar-refractivity contribution in [3.63, 3.8) is 0 Å². The van der Waals surface area contributed by atoms with Crippen LogP contribution in [-0.4, -0.2) is 0 Å². The summed E-state index contributed by atoms with van der Waals surface area (Å²) in [5.74, 6) is 0.899. The minimum absolute atomic E-state index is 0.542. The topological polar surface area (TPSA) is 21.3 Å². The van der Waals surface area contributed by atoms with E-state index in [0.717, 1.165) is 21.5 Å². The van der Waals surface area contributed by atoms with Crippen LogP contribution in [0.3, 0.4) is 0 Å². The lowest BCUT2D eigenvalue weighted by atomic mass is 10.1. The van der Waals surface area contributed by atoms with E-state index in [1.807, 2.05) is 12.1 Å². The molecule has 0 aliphatic carbocycles. The molecule has 0 amide bonds. The third kappa shape index (κ3) is 4.37. The number of hydrogen-bond donors (Lipinski definition) is 1. The van der Waals surface area contributed by atoms with Gasteiger partial charge in [-0.3, -0.25) is 0 Å². The van der Waals surface area contributed by atoms with E-state index in [2.05, 4.69) is 101 Å². The molecule has 0 bridgehead atoms. The monoisotopic (exact) mass is 431 g/mol. The van der Waals surface area contributed by atoms with Gasteiger partial charge in [0.05, 0.1) is 0 Å². The van der Waals surface area contributed by atoms with Gasteiger partial charge in [-0.05, 0) is 59.2 Å². The molecular weight excluding hydrogens is 410 g/mol. The van der Waals surface area contributed by atoms with Crippen LogP contribution in [0.2, 0.25) is 0 Å². The molecule has 0 heterocycles. The third-order valence-corrected chi connectivity index (χ3v) is 5.28. The van der Waals surface area contributed by atoms with Gasteiger partial charge >= 0.3 is 0 Å². The maximum Gasteiger partial charge on any atom is 0.124 e. The fraction of sp³-hybridized carbons (Fsp3) is 0.120. The number of benzene rings is 4. The number of nitrogens with one attached hydrogen (secondary N) is 1. The zero-order valence-electron chi connectivity index (χ0n) is 15.8. The minimum Gasteiger partial charge on any atom is -0.489 e. The molecule has 4 aromatic rings. The lowest BCUT2D eigenvalue weighted by molar-refractivity contribution is 0.304. The molecule has 0 aromatic heterocycles. The second kappa shape index (κ2) is 8.49. The molecule has 0 saturated heterocycles. The SMILES string of the molecule is Cc1cccc(NCc2cc(Br)ccc2OCc2cccc3ccccc23)c1. The fourth-order valence-electron chi connectivity index (χ4n) is 3.35. The molecule has 0 spiro atoms. The van der Waals surface area contributed by atoms with E-state index >= 15 is 0 Å². The van der Waals surface area contributed by atoms with Gasteiger partial charge in [0, 0.05) is 22.3 Å². The number of ether oxygens (including phenoxy) is 1. The summed E-state index contributed by atoms with van der Waals surface area (Å²) in [6.45, 7) is 3.34. The summed E-state index contributed by atoms with van der Waals surface area (Å²) < 4.78 is 7.28. The average molecular weight is 432 g/mol. The summed E-state index contributed by atoms with van der Waals surface area (Å²) in [4.78, 5) is 0. The Bertz CT molecular complexity index is 1100. The zero-order valence-corrected chi connectivity index (χ0v) is 17.4. The normalized spacial score (nSPS) is 10.8. The largest absolute Gasteiger partial charge is 0.489 e. The molecule has 4 aromatic carbocycles. The molecule has 2 nitrogen and oxygen atoms in total. The Morgan fingerprint density at radius 1 is 0.821 bits per heavy atom. The van der Waals surface area contributed by atoms with E-state index < -0.39 is 0 Å². The van der Waals surface area contributed by atoms with Crippen LogP contribution in [0.4, 0.5) is 5.69 Å². The van der Waals surface area contributed by atoms with Gasteiger partial charge < -0.3 is 10.1 Å². The summed E-state index contributed by atoms with van der Waals surface area (Å²) in [5, 5.41) is 5.97. The first-order valence-corrected chi connectivity index (χ1v) is 10.2. The van der Waals surface area contributed by atoms with Crippen LogP contribution >= 0.6 is 15.9 Å². The molecule has 0 fully saturated rings. The van der Waals surface area contributed by atoms with Crippen molar-refractivity contribution in [2.45, 2.75) is 20.1 Å². The lowest BCUT2D eigenvalue weighted by Gasteiger charge is -2.15. The third-order valence-electron chi connectivity index (χ3n) is 4.79. The standard InChI is InChI=1S/C25H22BrNO/c1-18-6-4-10-23(14-18)27-16-21-15-22(26)12-13-25(21)28-17-20-9-5-8-19-7-2-3-11-24(19)20/h2-15,27H,16-17H2,1H3. The van der Waals surface area contributed by atoms with Gasteiger partial charge in [0.15, 0.2) is 0 Å². The predicted octanol–water partition coefficient (Wildman–Crippen LogP) is 7.10. The van der Waals surface area contributed by atoms with Gasteiger partial charge in [-0.2, -0.15) is 0 Å². The minimum atomic E-state index is 0.542. The summed E-state index contributed by atoms with van der Waals surface area (Å²) in [5.41, 5.74) is 4.67. The molecule has 140 valence electrons. The molecular formula is C25H22BrNO. The second-order valence-electron chi connectivity index (χ2n) is 6.90. The first kappa shape index (κ1) is 18.6. The van der Waals surface area contributed by atoms with Crippen molar-refractivity contribution < 1.29 is 4.74 Å². The summed E-state index contributed by atoms with van der Waals surface area (Å²) in [6, 6.07) is 29.3. The van der Waals surface area contributed by atoms with Gasteiger partial charge in [-0.1, -0.05) is 70.5 Å². The van der Waals surface area contributed by atoms with Crippen molar-refractivity contribution in [1.29, 1.82) is 0 Å². The van der Waals surface area contributed by atoms with E-state index in [-0.39, 0.29) is 0 Å². The smallest absolute Gasteiger partial charge is 0.124 e. The maximum absolute atomic E-state index is 6.24. The first-order chi connectivity index (χ1) is 13.7. The molecule has 3 heteroatoms. The highest BCUT2D eigenvalue weighted by molar-refractivity contribution is 9.10. The molecule has 0 aliphatic heterocycles. The number of fused-ring (bicyclic) bond motifs is 1. The van der Waals surface area contributed by atoms with E-state index in [9.17, 15) is 0 Å². The van der Waals surface area contributed by atoms with Gasteiger partial charge in [0.25, 0.3) is 0 Å². The van der Waals surface area contributed by atoms with E-state index in [0.29, 0.717) is 13.2 Å². The van der Waals surface area contributed by atoms with Crippen LogP contribution in [-0.2, 0) is 13.2 Å². The highest BCUT2D eigenvalue weighted by Gasteiger charge is 2.07. The predicted molar refractivity (Wildman–Crippen MR) is 121 cm³/mol. The van der Waals surface area contributed by atoms with Crippen LogP contribution in [0, 0.1) is 6.92 Å². The van der Waals surface area contributed by atoms with E-state index in [1.54, 1.807) is 0 Å². The molecule has 0 aliphatic rings. The fourth-order valence-corrected chi connectivity index (χ4v) is 3.76. The summed E-state index contributed by atoms with van der Waals surface area (Å²) in [7, 11) is 0. The first-order valence-electron chi connectivity index (χ1n) is 9.37. The lowest BCUT2D eigenvalue weighted by Crippen LogP contribution is -2.04. The van der Waals surface area contributed by atoms with Gasteiger partial charge in [0.1, 0.15) is 12.4 Å². The second-order valence-corrected chi connectivity index (χ2v) is 7.82. The zero-order chi connectivity index (χ0) is 19.3. The van der Waals surface area contributed by atoms with Crippen molar-refractivity contribution in [3.05, 3.63) is 106 Å². The van der Waals surface area contributed by atoms with Gasteiger partial charge in [0.2, 0.25) is 0 Å². The molecule has 28 heavy (non-hydrogen) atoms. The Hall–Kier alpha value is -2.78.